The maximum Gasteiger partial charge on any atom is 0.417 e. The largest absolute Gasteiger partial charge is 0.478 e. The van der Waals surface area contributed by atoms with Crippen LogP contribution in [0, 0.1) is 16.2 Å². The molecular formula is C20H18F3N2O6. The summed E-state index contributed by atoms with van der Waals surface area (Å²) >= 11 is 0. The zero-order chi connectivity index (χ0) is 23.3. The van der Waals surface area contributed by atoms with Crippen molar-refractivity contribution in [1.82, 2.24) is 0 Å². The summed E-state index contributed by atoms with van der Waals surface area (Å²) in [4.78, 5) is 33.7. The van der Waals surface area contributed by atoms with Crippen LogP contribution in [0.25, 0.3) is 11.1 Å². The summed E-state index contributed by atoms with van der Waals surface area (Å²) in [6.45, 7) is 4.03. The van der Waals surface area contributed by atoms with Crippen molar-refractivity contribution in [2.45, 2.75) is 33.1 Å². The highest BCUT2D eigenvalue weighted by atomic mass is 19.4. The zero-order valence-corrected chi connectivity index (χ0v) is 16.7. The van der Waals surface area contributed by atoms with E-state index in [1.165, 1.54) is 19.1 Å². The fourth-order valence-electron chi connectivity index (χ4n) is 2.75. The number of hydrogen-bond acceptors (Lipinski definition) is 6. The third-order valence-electron chi connectivity index (χ3n) is 3.96. The monoisotopic (exact) mass is 439 g/mol. The van der Waals surface area contributed by atoms with Gasteiger partial charge in [0.15, 0.2) is 6.10 Å². The summed E-state index contributed by atoms with van der Waals surface area (Å²) in [7, 11) is 0. The molecule has 1 amide bonds. The minimum atomic E-state index is -4.92. The van der Waals surface area contributed by atoms with Gasteiger partial charge in [-0.3, -0.25) is 14.9 Å². The molecule has 0 saturated heterocycles. The topological polar surface area (TPSA) is 108 Å². The molecule has 0 spiro atoms. The Morgan fingerprint density at radius 2 is 1.97 bits per heavy atom. The van der Waals surface area contributed by atoms with Crippen LogP contribution in [0.4, 0.5) is 24.5 Å². The molecule has 0 aromatic heterocycles. The van der Waals surface area contributed by atoms with E-state index in [4.69, 9.17) is 9.47 Å². The second-order valence-electron chi connectivity index (χ2n) is 6.27. The molecule has 1 atom stereocenters. The first kappa shape index (κ1) is 23.6. The minimum Gasteiger partial charge on any atom is -0.478 e. The van der Waals surface area contributed by atoms with Crippen LogP contribution in [0.2, 0.25) is 0 Å². The average molecular weight is 439 g/mol. The molecule has 0 bridgehead atoms. The van der Waals surface area contributed by atoms with Crippen LogP contribution in [0.1, 0.15) is 26.3 Å². The molecular weight excluding hydrogens is 421 g/mol. The van der Waals surface area contributed by atoms with Crippen molar-refractivity contribution in [2.75, 3.05) is 11.9 Å². The number of halogens is 3. The fraction of sp³-hybridized carbons (Fsp3) is 0.300. The van der Waals surface area contributed by atoms with Crippen molar-refractivity contribution in [1.29, 1.82) is 0 Å². The van der Waals surface area contributed by atoms with Crippen LogP contribution in [0.15, 0.2) is 30.3 Å². The van der Waals surface area contributed by atoms with E-state index in [1.54, 1.807) is 6.92 Å². The van der Waals surface area contributed by atoms with E-state index in [-0.39, 0.29) is 18.0 Å². The van der Waals surface area contributed by atoms with E-state index in [0.717, 1.165) is 19.1 Å². The number of carbonyl (C=O) groups is 2. The SMILES string of the molecule is CCOC(=O)C(C)Oc1cc[c]c([N+](=O)[O-])c1-c1ccc(NC(C)=O)cc1C(F)(F)F. The predicted molar refractivity (Wildman–Crippen MR) is 103 cm³/mol. The highest BCUT2D eigenvalue weighted by molar-refractivity contribution is 5.90. The molecule has 1 unspecified atom stereocenters. The van der Waals surface area contributed by atoms with Crippen molar-refractivity contribution in [2.24, 2.45) is 0 Å². The molecule has 31 heavy (non-hydrogen) atoms. The van der Waals surface area contributed by atoms with Gasteiger partial charge >= 0.3 is 12.1 Å². The fourth-order valence-corrected chi connectivity index (χ4v) is 2.75. The Balaban J connectivity index is 2.72. The Morgan fingerprint density at radius 1 is 1.29 bits per heavy atom. The Morgan fingerprint density at radius 3 is 2.52 bits per heavy atom. The molecule has 0 aliphatic rings. The number of nitro benzene ring substituents is 1. The molecule has 11 heteroatoms. The van der Waals surface area contributed by atoms with E-state index in [1.807, 2.05) is 0 Å². The maximum atomic E-state index is 13.8. The first-order chi connectivity index (χ1) is 14.5. The van der Waals surface area contributed by atoms with Gasteiger partial charge in [-0.1, -0.05) is 6.07 Å². The van der Waals surface area contributed by atoms with Crippen LogP contribution in [-0.2, 0) is 20.5 Å². The summed E-state index contributed by atoms with van der Waals surface area (Å²) in [5, 5.41) is 13.8. The van der Waals surface area contributed by atoms with Crippen molar-refractivity contribution in [3.05, 3.63) is 52.1 Å². The number of benzene rings is 2. The predicted octanol–water partition coefficient (Wildman–Crippen LogP) is 4.37. The lowest BCUT2D eigenvalue weighted by Crippen LogP contribution is -2.26. The van der Waals surface area contributed by atoms with Crippen molar-refractivity contribution >= 4 is 23.3 Å². The molecule has 2 rings (SSSR count). The van der Waals surface area contributed by atoms with E-state index >= 15 is 0 Å². The first-order valence-electron chi connectivity index (χ1n) is 8.97. The van der Waals surface area contributed by atoms with Crippen LogP contribution < -0.4 is 10.1 Å². The number of nitrogens with one attached hydrogen (secondary N) is 1. The molecule has 0 fully saturated rings. The van der Waals surface area contributed by atoms with E-state index in [2.05, 4.69) is 11.4 Å². The number of anilines is 1. The number of esters is 1. The minimum absolute atomic E-state index is 0.0466. The number of rotatable bonds is 7. The lowest BCUT2D eigenvalue weighted by Gasteiger charge is -2.19. The van der Waals surface area contributed by atoms with Crippen LogP contribution in [0.3, 0.4) is 0 Å². The zero-order valence-electron chi connectivity index (χ0n) is 16.7. The lowest BCUT2D eigenvalue weighted by atomic mass is 9.96. The standard InChI is InChI=1S/C20H18F3N2O6/c1-4-30-19(27)11(2)31-17-7-5-6-16(25(28)29)18(17)14-9-8-13(24-12(3)26)10-15(14)20(21,22)23/h5,7-11H,4H2,1-3H3,(H,24,26). The molecule has 0 saturated carbocycles. The van der Waals surface area contributed by atoms with Gasteiger partial charge in [0.25, 0.3) is 5.69 Å². The summed E-state index contributed by atoms with van der Waals surface area (Å²) < 4.78 is 51.6. The number of alkyl halides is 3. The van der Waals surface area contributed by atoms with Crippen molar-refractivity contribution < 1.29 is 37.2 Å². The second kappa shape index (κ2) is 9.45. The van der Waals surface area contributed by atoms with Gasteiger partial charge in [0.05, 0.1) is 23.2 Å². The van der Waals surface area contributed by atoms with Crippen LogP contribution >= 0.6 is 0 Å². The van der Waals surface area contributed by atoms with Gasteiger partial charge in [0.1, 0.15) is 11.3 Å². The summed E-state index contributed by atoms with van der Waals surface area (Å²) in [6.07, 6.45) is -6.16. The van der Waals surface area contributed by atoms with E-state index in [9.17, 15) is 32.9 Å². The van der Waals surface area contributed by atoms with Gasteiger partial charge < -0.3 is 14.8 Å². The van der Waals surface area contributed by atoms with Gasteiger partial charge in [-0.15, -0.1) is 0 Å². The van der Waals surface area contributed by atoms with Gasteiger partial charge in [0, 0.05) is 18.2 Å². The second-order valence-corrected chi connectivity index (χ2v) is 6.27. The normalized spacial score (nSPS) is 12.1. The quantitative estimate of drug-likeness (QED) is 0.390. The highest BCUT2D eigenvalue weighted by Gasteiger charge is 2.37. The van der Waals surface area contributed by atoms with Crippen LogP contribution in [0.5, 0.6) is 5.75 Å². The molecule has 0 aliphatic heterocycles. The Labute approximate surface area is 175 Å². The first-order valence-corrected chi connectivity index (χ1v) is 8.97. The lowest BCUT2D eigenvalue weighted by molar-refractivity contribution is -0.384. The summed E-state index contributed by atoms with van der Waals surface area (Å²) in [5.41, 5.74) is -3.24. The Kier molecular flexibility index (Phi) is 7.21. The molecule has 8 nitrogen and oxygen atoms in total. The van der Waals surface area contributed by atoms with Gasteiger partial charge in [-0.2, -0.15) is 13.2 Å². The highest BCUT2D eigenvalue weighted by Crippen LogP contribution is 2.45. The summed E-state index contributed by atoms with van der Waals surface area (Å²) in [5.74, 6) is -1.71. The molecule has 1 radical (unpaired) electrons. The maximum absolute atomic E-state index is 13.8. The van der Waals surface area contributed by atoms with Gasteiger partial charge in [0.2, 0.25) is 5.91 Å². The third kappa shape index (κ3) is 5.71. The summed E-state index contributed by atoms with van der Waals surface area (Å²) in [6, 6.07) is 7.37. The smallest absolute Gasteiger partial charge is 0.417 e. The number of ether oxygens (including phenoxy) is 2. The number of carbonyl (C=O) groups excluding carboxylic acids is 2. The molecule has 0 aliphatic carbocycles. The molecule has 1 N–H and O–H groups in total. The number of nitrogens with zero attached hydrogens (tertiary/aromatic N) is 1. The molecule has 2 aromatic carbocycles. The van der Waals surface area contributed by atoms with Gasteiger partial charge in [-0.05, 0) is 38.1 Å². The molecule has 2 aromatic rings. The number of nitro groups is 1. The van der Waals surface area contributed by atoms with Crippen LogP contribution in [-0.4, -0.2) is 29.5 Å². The van der Waals surface area contributed by atoms with Crippen molar-refractivity contribution in [3.8, 4) is 16.9 Å². The number of amides is 1. The van der Waals surface area contributed by atoms with E-state index < -0.39 is 51.5 Å². The Hall–Kier alpha value is -3.63. The third-order valence-corrected chi connectivity index (χ3v) is 3.96. The van der Waals surface area contributed by atoms with Crippen molar-refractivity contribution in [3.63, 3.8) is 0 Å². The number of hydrogen-bond donors (Lipinski definition) is 1. The Bertz CT molecular complexity index is 1010. The molecule has 0 heterocycles. The van der Waals surface area contributed by atoms with E-state index in [0.29, 0.717) is 6.07 Å². The average Bonchev–Trinajstić information content (AvgIpc) is 2.67. The van der Waals surface area contributed by atoms with Gasteiger partial charge in [-0.25, -0.2) is 4.79 Å². The molecule has 165 valence electrons.